The highest BCUT2D eigenvalue weighted by molar-refractivity contribution is 7.16. The van der Waals surface area contributed by atoms with Gasteiger partial charge in [-0.15, -0.1) is 22.7 Å². The summed E-state index contributed by atoms with van der Waals surface area (Å²) in [6.07, 6.45) is 5.41. The average molecular weight is 326 g/mol. The summed E-state index contributed by atoms with van der Waals surface area (Å²) >= 11 is 9.62. The van der Waals surface area contributed by atoms with Crippen LogP contribution in [0.4, 0.5) is 0 Å². The van der Waals surface area contributed by atoms with Gasteiger partial charge in [-0.1, -0.05) is 31.0 Å². The van der Waals surface area contributed by atoms with Gasteiger partial charge in [-0.05, 0) is 48.3 Å². The maximum absolute atomic E-state index is 6.11. The molecule has 1 aliphatic rings. The van der Waals surface area contributed by atoms with E-state index in [1.165, 1.54) is 35.4 Å². The highest BCUT2D eigenvalue weighted by Crippen LogP contribution is 2.49. The standard InChI is InChI=1S/C16H20ClNS2/c1-2-7-16(8-9-16)11-18-15(12-4-3-10-19-12)13-5-6-14(17)20-13/h3-6,10,15,18H,2,7-9,11H2,1H3. The number of hydrogen-bond donors (Lipinski definition) is 1. The molecule has 0 radical (unpaired) electrons. The molecule has 1 atom stereocenters. The monoisotopic (exact) mass is 325 g/mol. The van der Waals surface area contributed by atoms with Gasteiger partial charge in [0.1, 0.15) is 0 Å². The molecule has 20 heavy (non-hydrogen) atoms. The van der Waals surface area contributed by atoms with E-state index in [1.54, 1.807) is 11.3 Å². The molecule has 1 nitrogen and oxygen atoms in total. The Morgan fingerprint density at radius 3 is 2.70 bits per heavy atom. The van der Waals surface area contributed by atoms with Crippen LogP contribution in [0.5, 0.6) is 0 Å². The summed E-state index contributed by atoms with van der Waals surface area (Å²) in [5.74, 6) is 0. The zero-order chi connectivity index (χ0) is 14.0. The Balaban J connectivity index is 1.73. The van der Waals surface area contributed by atoms with Gasteiger partial charge >= 0.3 is 0 Å². The molecule has 0 aromatic carbocycles. The van der Waals surface area contributed by atoms with E-state index in [2.05, 4.69) is 35.8 Å². The van der Waals surface area contributed by atoms with Crippen molar-refractivity contribution >= 4 is 34.3 Å². The predicted molar refractivity (Wildman–Crippen MR) is 90.1 cm³/mol. The number of thiophene rings is 2. The quantitative estimate of drug-likeness (QED) is 0.686. The number of rotatable bonds is 7. The first-order valence-corrected chi connectivity index (χ1v) is 9.32. The molecule has 0 saturated heterocycles. The van der Waals surface area contributed by atoms with Gasteiger partial charge in [0.2, 0.25) is 0 Å². The summed E-state index contributed by atoms with van der Waals surface area (Å²) < 4.78 is 0.873. The SMILES string of the molecule is CCCC1(CNC(c2cccs2)c2ccc(Cl)s2)CC1. The van der Waals surface area contributed by atoms with Crippen molar-refractivity contribution in [1.82, 2.24) is 5.32 Å². The van der Waals surface area contributed by atoms with E-state index in [-0.39, 0.29) is 0 Å². The number of nitrogens with one attached hydrogen (secondary N) is 1. The van der Waals surface area contributed by atoms with Crippen LogP contribution in [-0.2, 0) is 0 Å². The van der Waals surface area contributed by atoms with Crippen molar-refractivity contribution in [2.75, 3.05) is 6.54 Å². The largest absolute Gasteiger partial charge is 0.304 e. The average Bonchev–Trinajstić information content (AvgIpc) is 2.85. The second-order valence-electron chi connectivity index (χ2n) is 5.72. The molecule has 0 spiro atoms. The normalized spacial score (nSPS) is 18.1. The molecule has 2 aromatic rings. The van der Waals surface area contributed by atoms with Crippen LogP contribution in [0.15, 0.2) is 29.6 Å². The zero-order valence-corrected chi connectivity index (χ0v) is 14.1. The molecule has 1 aliphatic carbocycles. The first kappa shape index (κ1) is 14.6. The lowest BCUT2D eigenvalue weighted by Crippen LogP contribution is -2.28. The second kappa shape index (κ2) is 6.18. The first-order valence-electron chi connectivity index (χ1n) is 7.24. The van der Waals surface area contributed by atoms with Crippen molar-refractivity contribution < 1.29 is 0 Å². The van der Waals surface area contributed by atoms with Gasteiger partial charge in [-0.3, -0.25) is 0 Å². The fraction of sp³-hybridized carbons (Fsp3) is 0.500. The molecule has 0 bridgehead atoms. The van der Waals surface area contributed by atoms with Gasteiger partial charge in [-0.25, -0.2) is 0 Å². The molecule has 4 heteroatoms. The summed E-state index contributed by atoms with van der Waals surface area (Å²) in [4.78, 5) is 2.71. The summed E-state index contributed by atoms with van der Waals surface area (Å²) in [5.41, 5.74) is 0.575. The Morgan fingerprint density at radius 2 is 2.15 bits per heavy atom. The van der Waals surface area contributed by atoms with Crippen LogP contribution in [0, 0.1) is 5.41 Å². The molecule has 1 unspecified atom stereocenters. The molecule has 0 amide bonds. The van der Waals surface area contributed by atoms with Gasteiger partial charge in [-0.2, -0.15) is 0 Å². The van der Waals surface area contributed by atoms with Gasteiger partial charge in [0.25, 0.3) is 0 Å². The van der Waals surface area contributed by atoms with Crippen LogP contribution < -0.4 is 5.32 Å². The molecule has 0 aliphatic heterocycles. The lowest BCUT2D eigenvalue weighted by molar-refractivity contribution is 0.407. The van der Waals surface area contributed by atoms with E-state index < -0.39 is 0 Å². The van der Waals surface area contributed by atoms with Crippen molar-refractivity contribution in [2.24, 2.45) is 5.41 Å². The Hall–Kier alpha value is -0.350. The Kier molecular flexibility index (Phi) is 4.51. The van der Waals surface area contributed by atoms with Gasteiger partial charge in [0.15, 0.2) is 0 Å². The molecular weight excluding hydrogens is 306 g/mol. The lowest BCUT2D eigenvalue weighted by atomic mass is 10.00. The maximum atomic E-state index is 6.11. The summed E-state index contributed by atoms with van der Waals surface area (Å²) in [5, 5.41) is 5.95. The van der Waals surface area contributed by atoms with E-state index in [0.29, 0.717) is 11.5 Å². The summed E-state index contributed by atoms with van der Waals surface area (Å²) in [6.45, 7) is 3.41. The van der Waals surface area contributed by atoms with Gasteiger partial charge < -0.3 is 5.32 Å². The predicted octanol–water partition coefficient (Wildman–Crippen LogP) is 5.72. The van der Waals surface area contributed by atoms with Gasteiger partial charge in [0.05, 0.1) is 10.4 Å². The molecule has 1 N–H and O–H groups in total. The minimum absolute atomic E-state index is 0.307. The number of halogens is 1. The molecule has 2 heterocycles. The number of hydrogen-bond acceptors (Lipinski definition) is 3. The maximum Gasteiger partial charge on any atom is 0.0931 e. The zero-order valence-electron chi connectivity index (χ0n) is 11.7. The van der Waals surface area contributed by atoms with Crippen molar-refractivity contribution in [3.8, 4) is 0 Å². The highest BCUT2D eigenvalue weighted by atomic mass is 35.5. The Bertz CT molecular complexity index is 543. The summed E-state index contributed by atoms with van der Waals surface area (Å²) in [6, 6.07) is 8.81. The third-order valence-electron chi connectivity index (χ3n) is 4.12. The highest BCUT2D eigenvalue weighted by Gasteiger charge is 2.41. The molecule has 108 valence electrons. The van der Waals surface area contributed by atoms with Crippen LogP contribution in [0.25, 0.3) is 0 Å². The van der Waals surface area contributed by atoms with Crippen LogP contribution in [0.3, 0.4) is 0 Å². The molecular formula is C16H20ClNS2. The molecule has 3 rings (SSSR count). The fourth-order valence-electron chi connectivity index (χ4n) is 2.82. The lowest BCUT2D eigenvalue weighted by Gasteiger charge is -2.21. The smallest absolute Gasteiger partial charge is 0.0931 e. The van der Waals surface area contributed by atoms with E-state index in [0.717, 1.165) is 10.9 Å². The first-order chi connectivity index (χ1) is 9.72. The van der Waals surface area contributed by atoms with Crippen LogP contribution in [0.1, 0.15) is 48.4 Å². The van der Waals surface area contributed by atoms with Gasteiger partial charge in [0, 0.05) is 16.3 Å². The Labute approximate surface area is 134 Å². The van der Waals surface area contributed by atoms with Crippen molar-refractivity contribution in [3.63, 3.8) is 0 Å². The van der Waals surface area contributed by atoms with E-state index in [9.17, 15) is 0 Å². The van der Waals surface area contributed by atoms with Crippen molar-refractivity contribution in [1.29, 1.82) is 0 Å². The molecule has 2 aromatic heterocycles. The van der Waals surface area contributed by atoms with Crippen LogP contribution >= 0.6 is 34.3 Å². The minimum Gasteiger partial charge on any atom is -0.304 e. The Morgan fingerprint density at radius 1 is 1.30 bits per heavy atom. The van der Waals surface area contributed by atoms with E-state index in [1.807, 2.05) is 17.4 Å². The van der Waals surface area contributed by atoms with E-state index >= 15 is 0 Å². The summed E-state index contributed by atoms with van der Waals surface area (Å²) in [7, 11) is 0. The second-order valence-corrected chi connectivity index (χ2v) is 8.45. The van der Waals surface area contributed by atoms with E-state index in [4.69, 9.17) is 11.6 Å². The topological polar surface area (TPSA) is 12.0 Å². The fourth-order valence-corrected chi connectivity index (χ4v) is 4.87. The van der Waals surface area contributed by atoms with Crippen molar-refractivity contribution in [2.45, 2.75) is 38.6 Å². The molecule has 1 fully saturated rings. The molecule has 1 saturated carbocycles. The van der Waals surface area contributed by atoms with Crippen LogP contribution in [0.2, 0.25) is 4.34 Å². The third-order valence-corrected chi connectivity index (χ3v) is 6.36. The minimum atomic E-state index is 0.307. The van der Waals surface area contributed by atoms with Crippen molar-refractivity contribution in [3.05, 3.63) is 43.7 Å². The third kappa shape index (κ3) is 3.28. The van der Waals surface area contributed by atoms with Crippen LogP contribution in [-0.4, -0.2) is 6.54 Å².